The Labute approximate surface area is 130 Å². The number of hydrogen-bond donors (Lipinski definition) is 2. The lowest BCUT2D eigenvalue weighted by atomic mass is 10.1. The van der Waals surface area contributed by atoms with Gasteiger partial charge in [-0.3, -0.25) is 25.1 Å². The van der Waals surface area contributed by atoms with Crippen LogP contribution < -0.4 is 10.9 Å². The van der Waals surface area contributed by atoms with Gasteiger partial charge in [0.1, 0.15) is 0 Å². The van der Waals surface area contributed by atoms with E-state index in [2.05, 4.69) is 22.0 Å². The number of carbonyl (C=O) groups is 2. The molecular formula is C15H23N5O2. The van der Waals surface area contributed by atoms with Crippen molar-refractivity contribution in [3.8, 4) is 6.07 Å². The lowest BCUT2D eigenvalue weighted by Crippen LogP contribution is -2.43. The highest BCUT2D eigenvalue weighted by Crippen LogP contribution is 2.15. The molecule has 2 amide bonds. The van der Waals surface area contributed by atoms with Crippen molar-refractivity contribution in [1.29, 1.82) is 5.26 Å². The van der Waals surface area contributed by atoms with Crippen molar-refractivity contribution in [2.24, 2.45) is 5.92 Å². The first-order valence-electron chi connectivity index (χ1n) is 7.35. The molecule has 0 unspecified atom stereocenters. The minimum atomic E-state index is -0.238. The third kappa shape index (κ3) is 4.88. The number of nitriles is 1. The molecule has 7 heteroatoms. The number of aromatic nitrogens is 2. The van der Waals surface area contributed by atoms with E-state index in [-0.39, 0.29) is 24.2 Å². The van der Waals surface area contributed by atoms with Crippen molar-refractivity contribution in [3.05, 3.63) is 17.0 Å². The Kier molecular flexibility index (Phi) is 6.57. The van der Waals surface area contributed by atoms with Crippen molar-refractivity contribution in [3.63, 3.8) is 0 Å². The molecule has 1 aromatic heterocycles. The number of carbonyl (C=O) groups excluding carboxylic acids is 2. The summed E-state index contributed by atoms with van der Waals surface area (Å²) in [6.07, 6.45) is 1.22. The van der Waals surface area contributed by atoms with E-state index in [4.69, 9.17) is 5.26 Å². The zero-order valence-corrected chi connectivity index (χ0v) is 13.6. The maximum Gasteiger partial charge on any atom is 0.240 e. The van der Waals surface area contributed by atoms with Crippen LogP contribution in [0.25, 0.3) is 0 Å². The van der Waals surface area contributed by atoms with E-state index in [0.717, 1.165) is 17.0 Å². The maximum absolute atomic E-state index is 11.7. The summed E-state index contributed by atoms with van der Waals surface area (Å²) in [6, 6.07) is 2.09. The summed E-state index contributed by atoms with van der Waals surface area (Å²) in [5.41, 5.74) is 7.66. The second-order valence-electron chi connectivity index (χ2n) is 5.47. The van der Waals surface area contributed by atoms with Crippen LogP contribution in [0.1, 0.15) is 43.6 Å². The van der Waals surface area contributed by atoms with Gasteiger partial charge in [0.25, 0.3) is 0 Å². The van der Waals surface area contributed by atoms with Crippen molar-refractivity contribution in [2.75, 3.05) is 0 Å². The third-order valence-electron chi connectivity index (χ3n) is 3.42. The zero-order chi connectivity index (χ0) is 16.7. The number of amides is 2. The fourth-order valence-electron chi connectivity index (χ4n) is 2.05. The average molecular weight is 305 g/mol. The van der Waals surface area contributed by atoms with E-state index in [9.17, 15) is 9.59 Å². The van der Waals surface area contributed by atoms with E-state index in [1.807, 2.05) is 13.8 Å². The monoisotopic (exact) mass is 305 g/mol. The van der Waals surface area contributed by atoms with Crippen LogP contribution >= 0.6 is 0 Å². The molecule has 0 radical (unpaired) electrons. The molecule has 0 atom stereocenters. The van der Waals surface area contributed by atoms with Gasteiger partial charge >= 0.3 is 0 Å². The molecule has 1 heterocycles. The van der Waals surface area contributed by atoms with Crippen LogP contribution in [-0.2, 0) is 22.6 Å². The van der Waals surface area contributed by atoms with Crippen LogP contribution in [0.5, 0.6) is 0 Å². The molecule has 0 saturated heterocycles. The Morgan fingerprint density at radius 2 is 2.00 bits per heavy atom. The zero-order valence-electron chi connectivity index (χ0n) is 13.6. The standard InChI is InChI=1S/C15H23N5O2/c1-10(2)15(22)18-17-14(21)7-6-13-11(3)19-20(12(13)4)9-5-8-16/h10H,5-7,9H2,1-4H3,(H,17,21)(H,18,22). The summed E-state index contributed by atoms with van der Waals surface area (Å²) in [7, 11) is 0. The van der Waals surface area contributed by atoms with Crippen LogP contribution in [0.4, 0.5) is 0 Å². The maximum atomic E-state index is 11.7. The molecule has 0 aliphatic rings. The number of hydrazine groups is 1. The molecule has 7 nitrogen and oxygen atoms in total. The van der Waals surface area contributed by atoms with Crippen LogP contribution in [-0.4, -0.2) is 21.6 Å². The Hall–Kier alpha value is -2.36. The van der Waals surface area contributed by atoms with Gasteiger partial charge in [-0.05, 0) is 25.8 Å². The Morgan fingerprint density at radius 3 is 2.59 bits per heavy atom. The number of aryl methyl sites for hydroxylation is 2. The first kappa shape index (κ1) is 17.7. The molecular weight excluding hydrogens is 282 g/mol. The second kappa shape index (κ2) is 8.17. The van der Waals surface area contributed by atoms with Gasteiger partial charge in [0.2, 0.25) is 11.8 Å². The third-order valence-corrected chi connectivity index (χ3v) is 3.42. The molecule has 0 saturated carbocycles. The molecule has 120 valence electrons. The molecule has 1 rings (SSSR count). The van der Waals surface area contributed by atoms with E-state index < -0.39 is 0 Å². The summed E-state index contributed by atoms with van der Waals surface area (Å²) in [6.45, 7) is 7.89. The first-order chi connectivity index (χ1) is 10.4. The van der Waals surface area contributed by atoms with E-state index >= 15 is 0 Å². The summed E-state index contributed by atoms with van der Waals surface area (Å²) in [5, 5.41) is 13.0. The molecule has 0 aliphatic carbocycles. The minimum Gasteiger partial charge on any atom is -0.273 e. The molecule has 2 N–H and O–H groups in total. The van der Waals surface area contributed by atoms with Crippen LogP contribution in [0.2, 0.25) is 0 Å². The number of rotatable bonds is 6. The highest BCUT2D eigenvalue weighted by molar-refractivity contribution is 5.82. The van der Waals surface area contributed by atoms with Crippen LogP contribution in [0.15, 0.2) is 0 Å². The van der Waals surface area contributed by atoms with Crippen LogP contribution in [0, 0.1) is 31.1 Å². The van der Waals surface area contributed by atoms with Gasteiger partial charge in [-0.25, -0.2) is 0 Å². The number of nitrogens with zero attached hydrogens (tertiary/aromatic N) is 3. The largest absolute Gasteiger partial charge is 0.273 e. The predicted octanol–water partition coefficient (Wildman–Crippen LogP) is 1.15. The molecule has 1 aromatic rings. The summed E-state index contributed by atoms with van der Waals surface area (Å²) >= 11 is 0. The van der Waals surface area contributed by atoms with Crippen LogP contribution in [0.3, 0.4) is 0 Å². The minimum absolute atomic E-state index is 0.178. The van der Waals surface area contributed by atoms with Gasteiger partial charge in [-0.15, -0.1) is 0 Å². The molecule has 22 heavy (non-hydrogen) atoms. The Bertz CT molecular complexity index is 583. The summed E-state index contributed by atoms with van der Waals surface area (Å²) in [5.74, 6) is -0.634. The smallest absolute Gasteiger partial charge is 0.240 e. The topological polar surface area (TPSA) is 99.8 Å². The molecule has 0 aromatic carbocycles. The quantitative estimate of drug-likeness (QED) is 0.770. The molecule has 0 spiro atoms. The van der Waals surface area contributed by atoms with Gasteiger partial charge in [-0.2, -0.15) is 10.4 Å². The molecule has 0 aliphatic heterocycles. The van der Waals surface area contributed by atoms with E-state index in [1.165, 1.54) is 0 Å². The lowest BCUT2D eigenvalue weighted by Gasteiger charge is -2.09. The second-order valence-corrected chi connectivity index (χ2v) is 5.47. The Balaban J connectivity index is 2.54. The highest BCUT2D eigenvalue weighted by Gasteiger charge is 2.13. The van der Waals surface area contributed by atoms with Crippen molar-refractivity contribution in [2.45, 2.75) is 53.5 Å². The SMILES string of the molecule is Cc1nn(CCC#N)c(C)c1CCC(=O)NNC(=O)C(C)C. The predicted molar refractivity (Wildman–Crippen MR) is 81.4 cm³/mol. The molecule has 0 bridgehead atoms. The van der Waals surface area contributed by atoms with Gasteiger partial charge in [0, 0.05) is 18.0 Å². The fourth-order valence-corrected chi connectivity index (χ4v) is 2.05. The van der Waals surface area contributed by atoms with Crippen molar-refractivity contribution >= 4 is 11.8 Å². The molecule has 0 fully saturated rings. The number of nitrogens with one attached hydrogen (secondary N) is 2. The Morgan fingerprint density at radius 1 is 1.32 bits per heavy atom. The van der Waals surface area contributed by atoms with Crippen molar-refractivity contribution in [1.82, 2.24) is 20.6 Å². The fraction of sp³-hybridized carbons (Fsp3) is 0.600. The lowest BCUT2D eigenvalue weighted by molar-refractivity contribution is -0.130. The highest BCUT2D eigenvalue weighted by atomic mass is 16.2. The van der Waals surface area contributed by atoms with E-state index in [1.54, 1.807) is 18.5 Å². The van der Waals surface area contributed by atoms with Gasteiger partial charge in [-0.1, -0.05) is 13.8 Å². The summed E-state index contributed by atoms with van der Waals surface area (Å²) < 4.78 is 1.80. The van der Waals surface area contributed by atoms with Crippen molar-refractivity contribution < 1.29 is 9.59 Å². The normalized spacial score (nSPS) is 10.4. The van der Waals surface area contributed by atoms with Gasteiger partial charge < -0.3 is 0 Å². The van der Waals surface area contributed by atoms with Gasteiger partial charge in [0.05, 0.1) is 24.7 Å². The van der Waals surface area contributed by atoms with Gasteiger partial charge in [0.15, 0.2) is 0 Å². The van der Waals surface area contributed by atoms with E-state index in [0.29, 0.717) is 19.4 Å². The number of hydrogen-bond acceptors (Lipinski definition) is 4. The summed E-state index contributed by atoms with van der Waals surface area (Å²) in [4.78, 5) is 23.1. The first-order valence-corrected chi connectivity index (χ1v) is 7.35. The average Bonchev–Trinajstić information content (AvgIpc) is 2.74.